The Morgan fingerprint density at radius 2 is 1.85 bits per heavy atom. The summed E-state index contributed by atoms with van der Waals surface area (Å²) in [6, 6.07) is 11.9. The molecule has 0 saturated carbocycles. The molecule has 1 unspecified atom stereocenters. The second-order valence-corrected chi connectivity index (χ2v) is 9.48. The van der Waals surface area contributed by atoms with Gasteiger partial charge in [0.15, 0.2) is 5.78 Å². The summed E-state index contributed by atoms with van der Waals surface area (Å²) < 4.78 is 1.08. The van der Waals surface area contributed by atoms with Crippen molar-refractivity contribution < 1.29 is 9.59 Å². The van der Waals surface area contributed by atoms with E-state index in [-0.39, 0.29) is 17.7 Å². The van der Waals surface area contributed by atoms with E-state index in [2.05, 4.69) is 10.2 Å². The maximum absolute atomic E-state index is 12.6. The van der Waals surface area contributed by atoms with Gasteiger partial charge in [-0.05, 0) is 75.2 Å². The minimum absolute atomic E-state index is 0.0234. The summed E-state index contributed by atoms with van der Waals surface area (Å²) in [7, 11) is 0. The van der Waals surface area contributed by atoms with Crippen molar-refractivity contribution >= 4 is 34.8 Å². The number of carbonyl (C=O) groups is 2. The van der Waals surface area contributed by atoms with E-state index in [1.165, 1.54) is 37.3 Å². The zero-order valence-corrected chi connectivity index (χ0v) is 16.4. The van der Waals surface area contributed by atoms with Gasteiger partial charge in [-0.25, -0.2) is 0 Å². The molecule has 0 spiro atoms. The fourth-order valence-electron chi connectivity index (χ4n) is 3.74. The van der Waals surface area contributed by atoms with E-state index in [1.54, 1.807) is 18.7 Å². The zero-order valence-electron chi connectivity index (χ0n) is 14.7. The van der Waals surface area contributed by atoms with Crippen LogP contribution in [0.2, 0.25) is 0 Å². The normalized spacial score (nSPS) is 24.4. The van der Waals surface area contributed by atoms with Crippen molar-refractivity contribution in [3.63, 3.8) is 0 Å². The first-order valence-corrected chi connectivity index (χ1v) is 10.6. The molecule has 3 fully saturated rings. The molecule has 1 atom stereocenters. The molecule has 4 heterocycles. The molecule has 3 saturated heterocycles. The van der Waals surface area contributed by atoms with Gasteiger partial charge in [0.05, 0.1) is 9.09 Å². The Kier molecular flexibility index (Phi) is 5.16. The number of fused-ring (bicyclic) bond motifs is 3. The van der Waals surface area contributed by atoms with Crippen LogP contribution in [-0.4, -0.2) is 42.3 Å². The van der Waals surface area contributed by atoms with Crippen molar-refractivity contribution in [1.29, 1.82) is 0 Å². The highest BCUT2D eigenvalue weighted by Gasteiger charge is 2.34. The third-order valence-electron chi connectivity index (χ3n) is 5.24. The number of hydrogen-bond donors (Lipinski definition) is 1. The van der Waals surface area contributed by atoms with Crippen molar-refractivity contribution in [1.82, 2.24) is 10.2 Å². The van der Waals surface area contributed by atoms with Crippen LogP contribution in [0.5, 0.6) is 0 Å². The van der Waals surface area contributed by atoms with E-state index >= 15 is 0 Å². The SMILES string of the molecule is CC(=O)c1ccc(Sc2ccc(C(=O)NC3CN4CCC3CC4)cc2)s1. The molecule has 4 nitrogen and oxygen atoms in total. The molecular weight excluding hydrogens is 364 g/mol. The van der Waals surface area contributed by atoms with Crippen LogP contribution in [0.15, 0.2) is 45.5 Å². The minimum Gasteiger partial charge on any atom is -0.348 e. The molecule has 2 aromatic rings. The Bertz CT molecular complexity index is 807. The van der Waals surface area contributed by atoms with E-state index in [4.69, 9.17) is 0 Å². The van der Waals surface area contributed by atoms with Crippen LogP contribution in [0, 0.1) is 5.92 Å². The van der Waals surface area contributed by atoms with E-state index in [0.717, 1.165) is 20.5 Å². The maximum Gasteiger partial charge on any atom is 0.251 e. The van der Waals surface area contributed by atoms with Gasteiger partial charge in [0, 0.05) is 23.0 Å². The molecule has 1 N–H and O–H groups in total. The minimum atomic E-state index is 0.0234. The Morgan fingerprint density at radius 3 is 2.42 bits per heavy atom. The van der Waals surface area contributed by atoms with Crippen LogP contribution in [0.25, 0.3) is 0 Å². The average Bonchev–Trinajstić information content (AvgIpc) is 3.12. The van der Waals surface area contributed by atoms with Gasteiger partial charge >= 0.3 is 0 Å². The highest BCUT2D eigenvalue weighted by atomic mass is 32.2. The van der Waals surface area contributed by atoms with Gasteiger partial charge in [0.1, 0.15) is 0 Å². The summed E-state index contributed by atoms with van der Waals surface area (Å²) in [5, 5.41) is 3.23. The molecule has 2 bridgehead atoms. The predicted molar refractivity (Wildman–Crippen MR) is 105 cm³/mol. The lowest BCUT2D eigenvalue weighted by molar-refractivity contribution is 0.0620. The first kappa shape index (κ1) is 17.8. The number of thiophene rings is 1. The molecule has 3 aliphatic rings. The maximum atomic E-state index is 12.6. The van der Waals surface area contributed by atoms with Gasteiger partial charge in [-0.2, -0.15) is 0 Å². The molecule has 1 aromatic heterocycles. The van der Waals surface area contributed by atoms with Crippen molar-refractivity contribution in [2.24, 2.45) is 5.92 Å². The standard InChI is InChI=1S/C20H22N2O2S2/c1-13(23)18-6-7-19(26-18)25-16-4-2-15(3-5-16)20(24)21-17-12-22-10-8-14(17)9-11-22/h2-7,14,17H,8-12H2,1H3,(H,21,24). The second-order valence-electron chi connectivity index (χ2n) is 7.02. The van der Waals surface area contributed by atoms with E-state index in [0.29, 0.717) is 11.5 Å². The van der Waals surface area contributed by atoms with Crippen LogP contribution >= 0.6 is 23.1 Å². The summed E-state index contributed by atoms with van der Waals surface area (Å²) in [6.45, 7) is 4.93. The van der Waals surface area contributed by atoms with Gasteiger partial charge < -0.3 is 10.2 Å². The van der Waals surface area contributed by atoms with Crippen LogP contribution in [-0.2, 0) is 0 Å². The van der Waals surface area contributed by atoms with Gasteiger partial charge in [-0.15, -0.1) is 11.3 Å². The number of ketones is 1. The number of nitrogens with zero attached hydrogens (tertiary/aromatic N) is 1. The molecule has 26 heavy (non-hydrogen) atoms. The quantitative estimate of drug-likeness (QED) is 0.791. The number of piperidine rings is 3. The van der Waals surface area contributed by atoms with Crippen LogP contribution in [0.4, 0.5) is 0 Å². The summed E-state index contributed by atoms with van der Waals surface area (Å²) >= 11 is 3.13. The van der Waals surface area contributed by atoms with E-state index < -0.39 is 0 Å². The number of Topliss-reactive ketones (excluding diaryl/α,β-unsaturated/α-hetero) is 1. The third kappa shape index (κ3) is 3.87. The van der Waals surface area contributed by atoms with Crippen molar-refractivity contribution in [2.75, 3.05) is 19.6 Å². The third-order valence-corrected chi connectivity index (χ3v) is 7.56. The number of benzene rings is 1. The molecule has 0 aliphatic carbocycles. The number of carbonyl (C=O) groups excluding carboxylic acids is 2. The lowest BCUT2D eigenvalue weighted by Crippen LogP contribution is -2.57. The smallest absolute Gasteiger partial charge is 0.251 e. The second kappa shape index (κ2) is 7.55. The Balaban J connectivity index is 1.37. The van der Waals surface area contributed by atoms with E-state index in [9.17, 15) is 9.59 Å². The molecule has 0 radical (unpaired) electrons. The summed E-state index contributed by atoms with van der Waals surface area (Å²) in [5.41, 5.74) is 0.710. The number of amides is 1. The van der Waals surface area contributed by atoms with Gasteiger partial charge in [0.25, 0.3) is 5.91 Å². The molecule has 136 valence electrons. The van der Waals surface area contributed by atoms with Crippen LogP contribution < -0.4 is 5.32 Å². The van der Waals surface area contributed by atoms with Gasteiger partial charge in [-0.1, -0.05) is 11.8 Å². The molecule has 1 aromatic carbocycles. The molecule has 3 aliphatic heterocycles. The first-order valence-electron chi connectivity index (χ1n) is 9.00. The van der Waals surface area contributed by atoms with Crippen molar-refractivity contribution in [3.05, 3.63) is 46.8 Å². The highest BCUT2D eigenvalue weighted by Crippen LogP contribution is 2.34. The highest BCUT2D eigenvalue weighted by molar-refractivity contribution is 8.01. The monoisotopic (exact) mass is 386 g/mol. The van der Waals surface area contributed by atoms with E-state index in [1.807, 2.05) is 36.4 Å². The Labute approximate surface area is 162 Å². The summed E-state index contributed by atoms with van der Waals surface area (Å²) in [6.07, 6.45) is 2.40. The van der Waals surface area contributed by atoms with Crippen molar-refractivity contribution in [3.8, 4) is 0 Å². The molecular formula is C20H22N2O2S2. The number of nitrogens with one attached hydrogen (secondary N) is 1. The number of rotatable bonds is 5. The van der Waals surface area contributed by atoms with Crippen molar-refractivity contribution in [2.45, 2.75) is 34.9 Å². The van der Waals surface area contributed by atoms with Gasteiger partial charge in [-0.3, -0.25) is 9.59 Å². The number of hydrogen-bond acceptors (Lipinski definition) is 5. The molecule has 5 rings (SSSR count). The molecule has 1 amide bonds. The summed E-state index contributed by atoms with van der Waals surface area (Å²) in [4.78, 5) is 28.3. The topological polar surface area (TPSA) is 49.4 Å². The lowest BCUT2D eigenvalue weighted by Gasteiger charge is -2.44. The van der Waals surface area contributed by atoms with Crippen LogP contribution in [0.1, 0.15) is 39.8 Å². The Hall–Kier alpha value is -1.63. The van der Waals surface area contributed by atoms with Gasteiger partial charge in [0.2, 0.25) is 0 Å². The zero-order chi connectivity index (χ0) is 18.1. The largest absolute Gasteiger partial charge is 0.348 e. The fraction of sp³-hybridized carbons (Fsp3) is 0.400. The Morgan fingerprint density at radius 1 is 1.12 bits per heavy atom. The van der Waals surface area contributed by atoms with Crippen LogP contribution in [0.3, 0.4) is 0 Å². The lowest BCUT2D eigenvalue weighted by atomic mass is 9.84. The fourth-order valence-corrected chi connectivity index (χ4v) is 5.73. The summed E-state index contributed by atoms with van der Waals surface area (Å²) in [5.74, 6) is 0.755. The average molecular weight is 387 g/mol. The predicted octanol–water partition coefficient (Wildman–Crippen LogP) is 3.93. The molecule has 6 heteroatoms. The first-order chi connectivity index (χ1) is 12.6.